The summed E-state index contributed by atoms with van der Waals surface area (Å²) in [6, 6.07) is 4.98. The van der Waals surface area contributed by atoms with Crippen LogP contribution in [0, 0.1) is 5.82 Å². The molecule has 1 amide bonds. The second kappa shape index (κ2) is 8.81. The molecule has 1 aromatic carbocycles. The fourth-order valence-electron chi connectivity index (χ4n) is 2.02. The molecular weight excluding hydrogens is 389 g/mol. The first kappa shape index (κ1) is 23.7. The lowest BCUT2D eigenvalue weighted by atomic mass is 10.1. The molecule has 0 N–H and O–H groups in total. The van der Waals surface area contributed by atoms with Crippen LogP contribution in [0.25, 0.3) is 0 Å². The van der Waals surface area contributed by atoms with E-state index in [1.165, 1.54) is 17.0 Å². The third-order valence-electron chi connectivity index (χ3n) is 4.74. The van der Waals surface area contributed by atoms with Crippen molar-refractivity contribution < 1.29 is 26.2 Å². The molecular formula is C18H30FNO5SSi. The van der Waals surface area contributed by atoms with Gasteiger partial charge in [-0.1, -0.05) is 32.9 Å². The van der Waals surface area contributed by atoms with E-state index in [1.807, 2.05) is 0 Å². The maximum Gasteiger partial charge on any atom is 0.265 e. The summed E-state index contributed by atoms with van der Waals surface area (Å²) in [6.07, 6.45) is -0.490. The monoisotopic (exact) mass is 419 g/mol. The molecule has 0 aromatic heterocycles. The Bertz CT molecular complexity index is 744. The Morgan fingerprint density at radius 1 is 1.22 bits per heavy atom. The van der Waals surface area contributed by atoms with Gasteiger partial charge in [-0.05, 0) is 35.8 Å². The first-order valence-corrected chi connectivity index (χ1v) is 13.4. The van der Waals surface area contributed by atoms with Crippen molar-refractivity contribution in [1.82, 2.24) is 4.90 Å². The van der Waals surface area contributed by atoms with Gasteiger partial charge in [-0.15, -0.1) is 0 Å². The van der Waals surface area contributed by atoms with Crippen LogP contribution in [0.5, 0.6) is 0 Å². The van der Waals surface area contributed by atoms with Crippen molar-refractivity contribution >= 4 is 24.3 Å². The largest absolute Gasteiger partial charge is 0.415 e. The van der Waals surface area contributed by atoms with Crippen LogP contribution in [0.2, 0.25) is 18.1 Å². The molecule has 0 aliphatic carbocycles. The molecule has 1 aromatic rings. The molecule has 0 fully saturated rings. The van der Waals surface area contributed by atoms with Crippen LogP contribution in [0.1, 0.15) is 32.4 Å². The number of hydrogen-bond donors (Lipinski definition) is 0. The molecule has 0 heterocycles. The van der Waals surface area contributed by atoms with E-state index >= 15 is 0 Å². The first-order chi connectivity index (χ1) is 12.1. The highest BCUT2D eigenvalue weighted by Gasteiger charge is 2.37. The van der Waals surface area contributed by atoms with E-state index in [4.69, 9.17) is 8.61 Å². The number of likely N-dealkylation sites (N-methyl/N-ethyl adjacent to an activating group) is 1. The van der Waals surface area contributed by atoms with Crippen molar-refractivity contribution in [2.75, 3.05) is 26.5 Å². The van der Waals surface area contributed by atoms with Crippen molar-refractivity contribution in [2.24, 2.45) is 0 Å². The van der Waals surface area contributed by atoms with Crippen LogP contribution in [-0.4, -0.2) is 54.0 Å². The summed E-state index contributed by atoms with van der Waals surface area (Å²) < 4.78 is 47.3. The Balaban J connectivity index is 2.87. The molecule has 1 unspecified atom stereocenters. The van der Waals surface area contributed by atoms with Crippen molar-refractivity contribution in [1.29, 1.82) is 0 Å². The normalized spacial score (nSPS) is 14.1. The Morgan fingerprint density at radius 2 is 1.74 bits per heavy atom. The lowest BCUT2D eigenvalue weighted by Gasteiger charge is -2.36. The predicted octanol–water partition coefficient (Wildman–Crippen LogP) is 3.32. The van der Waals surface area contributed by atoms with Crippen LogP contribution in [0.3, 0.4) is 0 Å². The van der Waals surface area contributed by atoms with E-state index < -0.39 is 36.3 Å². The molecule has 0 aliphatic rings. The van der Waals surface area contributed by atoms with E-state index in [1.54, 1.807) is 7.05 Å². The maximum absolute atomic E-state index is 13.2. The standard InChI is InChI=1S/C18H30FNO5SSi/c1-18(2,3)27(6,7)24-13-12-20(4)17(21)16(25-26(5,22)23)14-8-10-15(19)11-9-14/h8-11,16H,12-13H2,1-7H3. The van der Waals surface area contributed by atoms with Crippen LogP contribution in [0.4, 0.5) is 4.39 Å². The zero-order valence-electron chi connectivity index (χ0n) is 17.1. The number of benzene rings is 1. The van der Waals surface area contributed by atoms with Gasteiger partial charge in [0.05, 0.1) is 12.9 Å². The number of hydrogen-bond acceptors (Lipinski definition) is 5. The second-order valence-corrected chi connectivity index (χ2v) is 14.5. The highest BCUT2D eigenvalue weighted by Crippen LogP contribution is 2.36. The van der Waals surface area contributed by atoms with E-state index in [0.717, 1.165) is 18.4 Å². The van der Waals surface area contributed by atoms with Crippen molar-refractivity contribution in [2.45, 2.75) is 45.0 Å². The van der Waals surface area contributed by atoms with Gasteiger partial charge in [0.15, 0.2) is 14.4 Å². The zero-order valence-corrected chi connectivity index (χ0v) is 18.9. The minimum atomic E-state index is -3.89. The number of nitrogens with zero attached hydrogens (tertiary/aromatic N) is 1. The molecule has 154 valence electrons. The van der Waals surface area contributed by atoms with Crippen molar-refractivity contribution in [3.05, 3.63) is 35.6 Å². The van der Waals surface area contributed by atoms with Crippen LogP contribution >= 0.6 is 0 Å². The van der Waals surface area contributed by atoms with Crippen molar-refractivity contribution in [3.63, 3.8) is 0 Å². The lowest BCUT2D eigenvalue weighted by Crippen LogP contribution is -2.43. The van der Waals surface area contributed by atoms with Gasteiger partial charge in [-0.2, -0.15) is 8.42 Å². The molecule has 9 heteroatoms. The average molecular weight is 420 g/mol. The zero-order chi connectivity index (χ0) is 21.0. The fraction of sp³-hybridized carbons (Fsp3) is 0.611. The Hall–Kier alpha value is -1.29. The third-order valence-corrected chi connectivity index (χ3v) is 9.82. The van der Waals surface area contributed by atoms with Crippen LogP contribution in [0.15, 0.2) is 24.3 Å². The highest BCUT2D eigenvalue weighted by molar-refractivity contribution is 7.86. The Labute approximate surface area is 162 Å². The number of carbonyl (C=O) groups is 1. The van der Waals surface area contributed by atoms with Gasteiger partial charge < -0.3 is 9.33 Å². The summed E-state index contributed by atoms with van der Waals surface area (Å²) in [4.78, 5) is 14.1. The van der Waals surface area contributed by atoms with Gasteiger partial charge in [-0.25, -0.2) is 4.39 Å². The molecule has 0 saturated heterocycles. The molecule has 1 atom stereocenters. The summed E-state index contributed by atoms with van der Waals surface area (Å²) >= 11 is 0. The van der Waals surface area contributed by atoms with Gasteiger partial charge in [-0.3, -0.25) is 8.98 Å². The number of amides is 1. The Morgan fingerprint density at radius 3 is 2.19 bits per heavy atom. The topological polar surface area (TPSA) is 72.9 Å². The van der Waals surface area contributed by atoms with Gasteiger partial charge in [0.25, 0.3) is 16.0 Å². The average Bonchev–Trinajstić information content (AvgIpc) is 2.50. The van der Waals surface area contributed by atoms with E-state index in [9.17, 15) is 17.6 Å². The second-order valence-electron chi connectivity index (χ2n) is 8.10. The van der Waals surface area contributed by atoms with E-state index in [-0.39, 0.29) is 17.1 Å². The number of carbonyl (C=O) groups excluding carboxylic acids is 1. The molecule has 0 saturated carbocycles. The van der Waals surface area contributed by atoms with E-state index in [0.29, 0.717) is 6.61 Å². The summed E-state index contributed by atoms with van der Waals surface area (Å²) in [6.45, 7) is 11.2. The predicted molar refractivity (Wildman–Crippen MR) is 106 cm³/mol. The molecule has 0 aliphatic heterocycles. The number of rotatable bonds is 8. The quantitative estimate of drug-likeness (QED) is 0.477. The van der Waals surface area contributed by atoms with Gasteiger partial charge in [0, 0.05) is 13.6 Å². The minimum absolute atomic E-state index is 0.0472. The SMILES string of the molecule is CN(CCO[Si](C)(C)C(C)(C)C)C(=O)C(OS(C)(=O)=O)c1ccc(F)cc1. The summed E-state index contributed by atoms with van der Waals surface area (Å²) in [5.41, 5.74) is 0.268. The summed E-state index contributed by atoms with van der Waals surface area (Å²) in [5.74, 6) is -1.02. The van der Waals surface area contributed by atoms with Gasteiger partial charge >= 0.3 is 0 Å². The van der Waals surface area contributed by atoms with Crippen LogP contribution in [-0.2, 0) is 23.5 Å². The molecule has 0 bridgehead atoms. The van der Waals surface area contributed by atoms with Gasteiger partial charge in [0.2, 0.25) is 0 Å². The van der Waals surface area contributed by atoms with Gasteiger partial charge in [0.1, 0.15) is 5.82 Å². The highest BCUT2D eigenvalue weighted by atomic mass is 32.2. The summed E-state index contributed by atoms with van der Waals surface area (Å²) in [5, 5.41) is 0.0472. The molecule has 6 nitrogen and oxygen atoms in total. The molecule has 1 rings (SSSR count). The number of halogens is 1. The molecule has 0 spiro atoms. The molecule has 27 heavy (non-hydrogen) atoms. The van der Waals surface area contributed by atoms with Crippen LogP contribution < -0.4 is 0 Å². The molecule has 0 radical (unpaired) electrons. The van der Waals surface area contributed by atoms with E-state index in [2.05, 4.69) is 33.9 Å². The first-order valence-electron chi connectivity index (χ1n) is 8.67. The fourth-order valence-corrected chi connectivity index (χ4v) is 3.59. The lowest BCUT2D eigenvalue weighted by molar-refractivity contribution is -0.137. The smallest absolute Gasteiger partial charge is 0.265 e. The Kier molecular flexibility index (Phi) is 7.75. The third kappa shape index (κ3) is 7.32. The summed E-state index contributed by atoms with van der Waals surface area (Å²) in [7, 11) is -4.28. The van der Waals surface area contributed by atoms with Crippen molar-refractivity contribution in [3.8, 4) is 0 Å². The minimum Gasteiger partial charge on any atom is -0.415 e. The maximum atomic E-state index is 13.2.